The minimum Gasteiger partial charge on any atom is -0.396 e. The molecule has 0 aromatic carbocycles. The summed E-state index contributed by atoms with van der Waals surface area (Å²) < 4.78 is 36.8. The molecule has 1 aliphatic heterocycles. The number of anilines is 1. The summed E-state index contributed by atoms with van der Waals surface area (Å²) in [5.74, 6) is 0.379. The number of fused-ring (bicyclic) bond motifs is 1. The Bertz CT molecular complexity index is 660. The van der Waals surface area contributed by atoms with E-state index >= 15 is 0 Å². The number of halogens is 3. The Hall–Kier alpha value is -1.90. The number of nitrogens with one attached hydrogen (secondary N) is 1. The zero-order valence-corrected chi connectivity index (χ0v) is 15.1. The summed E-state index contributed by atoms with van der Waals surface area (Å²) in [4.78, 5) is 23.0. The molecule has 2 N–H and O–H groups in total. The van der Waals surface area contributed by atoms with Gasteiger partial charge in [0.2, 0.25) is 11.9 Å². The van der Waals surface area contributed by atoms with E-state index in [-0.39, 0.29) is 12.6 Å². The fourth-order valence-corrected chi connectivity index (χ4v) is 3.68. The molecule has 1 aromatic rings. The lowest BCUT2D eigenvalue weighted by Gasteiger charge is -2.32. The van der Waals surface area contributed by atoms with E-state index in [4.69, 9.17) is 0 Å². The number of nitrogens with zero attached hydrogens (tertiary/aromatic N) is 3. The molecular formula is C18H25F3N4O2. The molecule has 0 spiro atoms. The van der Waals surface area contributed by atoms with Crippen LogP contribution in [0.5, 0.6) is 0 Å². The number of alkyl halides is 3. The number of aliphatic hydroxyl groups excluding tert-OH is 1. The second kappa shape index (κ2) is 8.41. The van der Waals surface area contributed by atoms with E-state index in [9.17, 15) is 23.1 Å². The predicted molar refractivity (Wildman–Crippen MR) is 93.2 cm³/mol. The van der Waals surface area contributed by atoms with Crippen LogP contribution in [-0.2, 0) is 11.2 Å². The van der Waals surface area contributed by atoms with Gasteiger partial charge in [0.1, 0.15) is 0 Å². The molecule has 1 aliphatic carbocycles. The molecule has 0 saturated carbocycles. The Kier molecular flexibility index (Phi) is 6.18. The van der Waals surface area contributed by atoms with Crippen molar-refractivity contribution < 1.29 is 23.1 Å². The average molecular weight is 386 g/mol. The summed E-state index contributed by atoms with van der Waals surface area (Å²) in [6, 6.07) is -0.330. The van der Waals surface area contributed by atoms with Crippen LogP contribution >= 0.6 is 0 Å². The molecule has 150 valence electrons. The van der Waals surface area contributed by atoms with E-state index in [1.807, 2.05) is 0 Å². The molecule has 1 saturated heterocycles. The van der Waals surface area contributed by atoms with Gasteiger partial charge in [0.05, 0.1) is 18.2 Å². The van der Waals surface area contributed by atoms with Crippen molar-refractivity contribution in [1.82, 2.24) is 15.3 Å². The second-order valence-corrected chi connectivity index (χ2v) is 7.31. The van der Waals surface area contributed by atoms with Gasteiger partial charge in [-0.25, -0.2) is 9.97 Å². The molecule has 0 bridgehead atoms. The zero-order valence-electron chi connectivity index (χ0n) is 15.1. The van der Waals surface area contributed by atoms with E-state index in [1.54, 1.807) is 6.20 Å². The van der Waals surface area contributed by atoms with Crippen molar-refractivity contribution in [3.05, 3.63) is 17.5 Å². The van der Waals surface area contributed by atoms with Gasteiger partial charge in [0.15, 0.2) is 0 Å². The highest BCUT2D eigenvalue weighted by Gasteiger charge is 2.30. The summed E-state index contributed by atoms with van der Waals surface area (Å²) in [6.07, 6.45) is -0.245. The molecule has 1 amide bonds. The van der Waals surface area contributed by atoms with Crippen LogP contribution in [0.3, 0.4) is 0 Å². The molecule has 27 heavy (non-hydrogen) atoms. The minimum absolute atomic E-state index is 0.203. The smallest absolute Gasteiger partial charge is 0.389 e. The summed E-state index contributed by atoms with van der Waals surface area (Å²) in [6.45, 7) is 1.79. The highest BCUT2D eigenvalue weighted by molar-refractivity contribution is 5.76. The lowest BCUT2D eigenvalue weighted by Crippen LogP contribution is -2.37. The molecule has 1 atom stereocenters. The van der Waals surface area contributed by atoms with Crippen molar-refractivity contribution in [3.63, 3.8) is 0 Å². The van der Waals surface area contributed by atoms with E-state index in [0.717, 1.165) is 50.0 Å². The number of piperidine rings is 1. The van der Waals surface area contributed by atoms with E-state index < -0.39 is 24.9 Å². The SMILES string of the molecule is O=C(CCC(F)(F)F)N[C@@H]1CCCc2nc(N3CCC(CO)CC3)ncc21. The monoisotopic (exact) mass is 386 g/mol. The van der Waals surface area contributed by atoms with Gasteiger partial charge in [-0.2, -0.15) is 13.2 Å². The largest absolute Gasteiger partial charge is 0.396 e. The van der Waals surface area contributed by atoms with Crippen molar-refractivity contribution in [2.45, 2.75) is 57.2 Å². The molecule has 9 heteroatoms. The van der Waals surface area contributed by atoms with Crippen LogP contribution in [0.1, 0.15) is 55.8 Å². The second-order valence-electron chi connectivity index (χ2n) is 7.31. The molecule has 3 rings (SSSR count). The summed E-state index contributed by atoms with van der Waals surface area (Å²) in [5, 5.41) is 11.9. The Balaban J connectivity index is 1.63. The van der Waals surface area contributed by atoms with Crippen LogP contribution in [0.15, 0.2) is 6.20 Å². The number of hydrogen-bond acceptors (Lipinski definition) is 5. The molecule has 6 nitrogen and oxygen atoms in total. The molecule has 1 aromatic heterocycles. The lowest BCUT2D eigenvalue weighted by molar-refractivity contribution is -0.144. The Morgan fingerprint density at radius 3 is 2.70 bits per heavy atom. The maximum Gasteiger partial charge on any atom is 0.389 e. The zero-order chi connectivity index (χ0) is 19.4. The third-order valence-corrected chi connectivity index (χ3v) is 5.30. The van der Waals surface area contributed by atoms with Gasteiger partial charge in [-0.15, -0.1) is 0 Å². The minimum atomic E-state index is -4.33. The van der Waals surface area contributed by atoms with Crippen molar-refractivity contribution in [1.29, 1.82) is 0 Å². The average Bonchev–Trinajstić information content (AvgIpc) is 2.66. The van der Waals surface area contributed by atoms with Gasteiger partial charge >= 0.3 is 6.18 Å². The van der Waals surface area contributed by atoms with Crippen LogP contribution in [0.4, 0.5) is 19.1 Å². The van der Waals surface area contributed by atoms with Gasteiger partial charge in [0.25, 0.3) is 0 Å². The maximum atomic E-state index is 12.3. The highest BCUT2D eigenvalue weighted by Crippen LogP contribution is 2.30. The molecule has 0 radical (unpaired) electrons. The van der Waals surface area contributed by atoms with Crippen molar-refractivity contribution in [2.75, 3.05) is 24.6 Å². The van der Waals surface area contributed by atoms with Gasteiger partial charge in [0, 0.05) is 37.9 Å². The lowest BCUT2D eigenvalue weighted by atomic mass is 9.92. The van der Waals surface area contributed by atoms with Gasteiger partial charge < -0.3 is 15.3 Å². The molecule has 0 unspecified atom stereocenters. The number of aryl methyl sites for hydroxylation is 1. The number of carbonyl (C=O) groups is 1. The summed E-state index contributed by atoms with van der Waals surface area (Å²) in [5.41, 5.74) is 1.66. The maximum absolute atomic E-state index is 12.3. The van der Waals surface area contributed by atoms with Crippen LogP contribution in [0.25, 0.3) is 0 Å². The van der Waals surface area contributed by atoms with Crippen molar-refractivity contribution in [3.8, 4) is 0 Å². The molecule has 2 heterocycles. The summed E-state index contributed by atoms with van der Waals surface area (Å²) in [7, 11) is 0. The van der Waals surface area contributed by atoms with Gasteiger partial charge in [-0.1, -0.05) is 0 Å². The number of carbonyl (C=O) groups excluding carboxylic acids is 1. The first kappa shape index (κ1) is 19.9. The van der Waals surface area contributed by atoms with Crippen LogP contribution < -0.4 is 10.2 Å². The molecule has 1 fully saturated rings. The third-order valence-electron chi connectivity index (χ3n) is 5.30. The fraction of sp³-hybridized carbons (Fsp3) is 0.722. The number of amides is 1. The van der Waals surface area contributed by atoms with Gasteiger partial charge in [-0.05, 0) is 38.0 Å². The molecular weight excluding hydrogens is 361 g/mol. The fourth-order valence-electron chi connectivity index (χ4n) is 3.68. The van der Waals surface area contributed by atoms with E-state index in [2.05, 4.69) is 20.2 Å². The van der Waals surface area contributed by atoms with E-state index in [0.29, 0.717) is 18.3 Å². The third kappa shape index (κ3) is 5.31. The quantitative estimate of drug-likeness (QED) is 0.813. The standard InChI is InChI=1S/C18H25F3N4O2/c19-18(20,21)7-4-16(27)23-14-2-1-3-15-13(14)10-22-17(24-15)25-8-5-12(11-26)6-9-25/h10,12,14,26H,1-9,11H2,(H,23,27)/t14-/m1/s1. The highest BCUT2D eigenvalue weighted by atomic mass is 19.4. The predicted octanol–water partition coefficient (Wildman–Crippen LogP) is 2.52. The first-order valence-corrected chi connectivity index (χ1v) is 9.43. The normalized spacial score (nSPS) is 21.0. The molecule has 2 aliphatic rings. The number of aromatic nitrogens is 2. The van der Waals surface area contributed by atoms with Gasteiger partial charge in [-0.3, -0.25) is 4.79 Å². The van der Waals surface area contributed by atoms with Crippen LogP contribution in [0, 0.1) is 5.92 Å². The number of aliphatic hydroxyl groups is 1. The topological polar surface area (TPSA) is 78.4 Å². The first-order valence-electron chi connectivity index (χ1n) is 9.43. The first-order chi connectivity index (χ1) is 12.9. The number of hydrogen-bond donors (Lipinski definition) is 2. The Morgan fingerprint density at radius 1 is 1.30 bits per heavy atom. The summed E-state index contributed by atoms with van der Waals surface area (Å²) >= 11 is 0. The van der Waals surface area contributed by atoms with Crippen LogP contribution in [0.2, 0.25) is 0 Å². The van der Waals surface area contributed by atoms with Crippen molar-refractivity contribution in [2.24, 2.45) is 5.92 Å². The van der Waals surface area contributed by atoms with E-state index in [1.165, 1.54) is 0 Å². The Morgan fingerprint density at radius 2 is 2.04 bits per heavy atom. The number of rotatable bonds is 5. The van der Waals surface area contributed by atoms with Crippen LogP contribution in [-0.4, -0.2) is 46.9 Å². The Labute approximate surface area is 156 Å². The van der Waals surface area contributed by atoms with Crippen molar-refractivity contribution >= 4 is 11.9 Å².